The van der Waals surface area contributed by atoms with Crippen LogP contribution in [-0.4, -0.2) is 45.4 Å². The minimum atomic E-state index is -0.452. The fourth-order valence-electron chi connectivity index (χ4n) is 2.08. The van der Waals surface area contributed by atoms with Gasteiger partial charge in [-0.25, -0.2) is 9.59 Å². The van der Waals surface area contributed by atoms with Crippen molar-refractivity contribution in [2.45, 2.75) is 26.9 Å². The van der Waals surface area contributed by atoms with Gasteiger partial charge in [0.05, 0.1) is 18.8 Å². The molecule has 0 radical (unpaired) electrons. The topological polar surface area (TPSA) is 67.9 Å². The van der Waals surface area contributed by atoms with Crippen molar-refractivity contribution in [2.24, 2.45) is 0 Å². The number of methoxy groups -OCH3 is 1. The minimum absolute atomic E-state index is 0.162. The molecule has 0 unspecified atom stereocenters. The molecule has 7 heteroatoms. The summed E-state index contributed by atoms with van der Waals surface area (Å²) in [6.45, 7) is 6.34. The number of hydrogen-bond donors (Lipinski definition) is 1. The van der Waals surface area contributed by atoms with Gasteiger partial charge in [0.15, 0.2) is 0 Å². The molecule has 1 aromatic carbocycles. The monoisotopic (exact) mass is 342 g/mol. The van der Waals surface area contributed by atoms with Crippen LogP contribution in [0, 0.1) is 6.92 Å². The van der Waals surface area contributed by atoms with Gasteiger partial charge in [0.1, 0.15) is 0 Å². The van der Waals surface area contributed by atoms with E-state index in [9.17, 15) is 9.59 Å². The number of anilines is 1. The molecule has 1 aromatic rings. The number of ether oxygens (including phenoxy) is 2. The first-order chi connectivity index (χ1) is 10.8. The van der Waals surface area contributed by atoms with Gasteiger partial charge in [-0.3, -0.25) is 0 Å². The molecule has 0 atom stereocenters. The van der Waals surface area contributed by atoms with Crippen LogP contribution in [0.3, 0.4) is 0 Å². The van der Waals surface area contributed by atoms with E-state index in [4.69, 9.17) is 21.1 Å². The second-order valence-electron chi connectivity index (χ2n) is 5.39. The SMILES string of the molecule is COC(=O)c1cc(Cl)cc(N(C)CCNC(=O)OC(C)C)c1C. The van der Waals surface area contributed by atoms with Crippen LogP contribution < -0.4 is 10.2 Å². The van der Waals surface area contributed by atoms with E-state index >= 15 is 0 Å². The van der Waals surface area contributed by atoms with E-state index < -0.39 is 12.1 Å². The van der Waals surface area contributed by atoms with Crippen molar-refractivity contribution >= 4 is 29.4 Å². The second kappa shape index (κ2) is 8.62. The van der Waals surface area contributed by atoms with Gasteiger partial charge < -0.3 is 19.7 Å². The predicted molar refractivity (Wildman–Crippen MR) is 90.4 cm³/mol. The average molecular weight is 343 g/mol. The highest BCUT2D eigenvalue weighted by Crippen LogP contribution is 2.27. The van der Waals surface area contributed by atoms with Crippen LogP contribution in [0.15, 0.2) is 12.1 Å². The fraction of sp³-hybridized carbons (Fsp3) is 0.500. The molecule has 0 saturated heterocycles. The molecule has 0 aliphatic heterocycles. The van der Waals surface area contributed by atoms with Crippen LogP contribution in [-0.2, 0) is 9.47 Å². The Balaban J connectivity index is 2.76. The van der Waals surface area contributed by atoms with Gasteiger partial charge in [-0.2, -0.15) is 0 Å². The number of amides is 1. The molecule has 1 rings (SSSR count). The molecule has 0 bridgehead atoms. The van der Waals surface area contributed by atoms with E-state index in [0.29, 0.717) is 23.7 Å². The number of benzene rings is 1. The number of hydrogen-bond acceptors (Lipinski definition) is 5. The van der Waals surface area contributed by atoms with Crippen LogP contribution in [0.1, 0.15) is 29.8 Å². The van der Waals surface area contributed by atoms with Crippen LogP contribution in [0.4, 0.5) is 10.5 Å². The summed E-state index contributed by atoms with van der Waals surface area (Å²) in [5, 5.41) is 3.12. The van der Waals surface area contributed by atoms with Crippen molar-refractivity contribution in [3.8, 4) is 0 Å². The smallest absolute Gasteiger partial charge is 0.407 e. The largest absolute Gasteiger partial charge is 0.465 e. The van der Waals surface area contributed by atoms with Crippen molar-refractivity contribution in [1.82, 2.24) is 5.32 Å². The maximum atomic E-state index is 11.8. The Kier molecular flexibility index (Phi) is 7.16. The third-order valence-electron chi connectivity index (χ3n) is 3.22. The molecular weight excluding hydrogens is 320 g/mol. The zero-order chi connectivity index (χ0) is 17.6. The highest BCUT2D eigenvalue weighted by molar-refractivity contribution is 6.31. The number of alkyl carbamates (subject to hydrolysis) is 1. The lowest BCUT2D eigenvalue weighted by atomic mass is 10.1. The van der Waals surface area contributed by atoms with Gasteiger partial charge >= 0.3 is 12.1 Å². The molecule has 0 aliphatic rings. The van der Waals surface area contributed by atoms with Gasteiger partial charge in [-0.1, -0.05) is 11.6 Å². The first-order valence-corrected chi connectivity index (χ1v) is 7.68. The van der Waals surface area contributed by atoms with Crippen molar-refractivity contribution in [2.75, 3.05) is 32.1 Å². The van der Waals surface area contributed by atoms with Gasteiger partial charge in [0.25, 0.3) is 0 Å². The summed E-state index contributed by atoms with van der Waals surface area (Å²) in [5.41, 5.74) is 2.00. The van der Waals surface area contributed by atoms with E-state index in [1.165, 1.54) is 7.11 Å². The summed E-state index contributed by atoms with van der Waals surface area (Å²) in [6, 6.07) is 3.36. The first-order valence-electron chi connectivity index (χ1n) is 7.30. The lowest BCUT2D eigenvalue weighted by molar-refractivity contribution is 0.0600. The molecule has 128 valence electrons. The van der Waals surface area contributed by atoms with E-state index in [0.717, 1.165) is 11.3 Å². The Labute approximate surface area is 141 Å². The maximum Gasteiger partial charge on any atom is 0.407 e. The average Bonchev–Trinajstić information content (AvgIpc) is 2.47. The number of rotatable bonds is 6. The standard InChI is InChI=1S/C16H23ClN2O4/c1-10(2)23-16(21)18-6-7-19(4)14-9-12(17)8-13(11(14)3)15(20)22-5/h8-10H,6-7H2,1-5H3,(H,18,21). The number of nitrogens with zero attached hydrogens (tertiary/aromatic N) is 1. The predicted octanol–water partition coefficient (Wildman–Crippen LogP) is 3.01. The molecule has 1 amide bonds. The molecule has 0 aromatic heterocycles. The van der Waals surface area contributed by atoms with Gasteiger partial charge in [0.2, 0.25) is 0 Å². The number of nitrogens with one attached hydrogen (secondary N) is 1. The number of halogens is 1. The van der Waals surface area contributed by atoms with Gasteiger partial charge in [-0.05, 0) is 38.5 Å². The molecule has 23 heavy (non-hydrogen) atoms. The molecule has 0 heterocycles. The van der Waals surface area contributed by atoms with Crippen molar-refractivity contribution in [1.29, 1.82) is 0 Å². The van der Waals surface area contributed by atoms with Crippen molar-refractivity contribution in [3.05, 3.63) is 28.3 Å². The van der Waals surface area contributed by atoms with Gasteiger partial charge in [-0.15, -0.1) is 0 Å². The summed E-state index contributed by atoms with van der Waals surface area (Å²) < 4.78 is 9.76. The molecular formula is C16H23ClN2O4. The van der Waals surface area contributed by atoms with Gasteiger partial charge in [0, 0.05) is 30.8 Å². The van der Waals surface area contributed by atoms with Crippen LogP contribution in [0.5, 0.6) is 0 Å². The quantitative estimate of drug-likeness (QED) is 0.805. The lowest BCUT2D eigenvalue weighted by Gasteiger charge is -2.23. The molecule has 0 spiro atoms. The fourth-order valence-corrected chi connectivity index (χ4v) is 2.30. The van der Waals surface area contributed by atoms with E-state index in [1.54, 1.807) is 26.0 Å². The zero-order valence-electron chi connectivity index (χ0n) is 14.1. The molecule has 6 nitrogen and oxygen atoms in total. The van der Waals surface area contributed by atoms with Crippen LogP contribution >= 0.6 is 11.6 Å². The number of carbonyl (C=O) groups is 2. The third kappa shape index (κ3) is 5.63. The van der Waals surface area contributed by atoms with E-state index in [1.807, 2.05) is 18.9 Å². The maximum absolute atomic E-state index is 11.8. The molecule has 1 N–H and O–H groups in total. The van der Waals surface area contributed by atoms with Crippen molar-refractivity contribution < 1.29 is 19.1 Å². The molecule has 0 fully saturated rings. The Hall–Kier alpha value is -1.95. The summed E-state index contributed by atoms with van der Waals surface area (Å²) in [6.07, 6.45) is -0.614. The highest BCUT2D eigenvalue weighted by Gasteiger charge is 2.16. The zero-order valence-corrected chi connectivity index (χ0v) is 14.9. The number of carbonyl (C=O) groups excluding carboxylic acids is 2. The summed E-state index contributed by atoms with van der Waals surface area (Å²) >= 11 is 6.08. The number of likely N-dealkylation sites (N-methyl/N-ethyl adjacent to an activating group) is 1. The molecule has 0 saturated carbocycles. The Morgan fingerprint density at radius 2 is 2.00 bits per heavy atom. The normalized spacial score (nSPS) is 10.4. The summed E-state index contributed by atoms with van der Waals surface area (Å²) in [4.78, 5) is 25.1. The Morgan fingerprint density at radius 1 is 1.35 bits per heavy atom. The lowest BCUT2D eigenvalue weighted by Crippen LogP contribution is -2.34. The molecule has 0 aliphatic carbocycles. The van der Waals surface area contributed by atoms with Crippen molar-refractivity contribution in [3.63, 3.8) is 0 Å². The highest BCUT2D eigenvalue weighted by atomic mass is 35.5. The van der Waals surface area contributed by atoms with Crippen LogP contribution in [0.25, 0.3) is 0 Å². The number of esters is 1. The van der Waals surface area contributed by atoms with E-state index in [-0.39, 0.29) is 6.10 Å². The third-order valence-corrected chi connectivity index (χ3v) is 3.44. The first kappa shape index (κ1) is 19.1. The Bertz CT molecular complexity index is 575. The van der Waals surface area contributed by atoms with E-state index in [2.05, 4.69) is 5.32 Å². The summed E-state index contributed by atoms with van der Waals surface area (Å²) in [5.74, 6) is -0.432. The summed E-state index contributed by atoms with van der Waals surface area (Å²) in [7, 11) is 3.19. The van der Waals surface area contributed by atoms with Crippen LogP contribution in [0.2, 0.25) is 5.02 Å². The second-order valence-corrected chi connectivity index (χ2v) is 5.83. The Morgan fingerprint density at radius 3 is 2.57 bits per heavy atom. The minimum Gasteiger partial charge on any atom is -0.465 e.